The van der Waals surface area contributed by atoms with Gasteiger partial charge in [0.05, 0.1) is 5.02 Å². The molecule has 0 radical (unpaired) electrons. The van der Waals surface area contributed by atoms with E-state index in [1.807, 2.05) is 6.07 Å². The number of halogens is 2. The van der Waals surface area contributed by atoms with E-state index in [2.05, 4.69) is 4.98 Å². The first-order valence-corrected chi connectivity index (χ1v) is 6.77. The Morgan fingerprint density at radius 2 is 1.95 bits per heavy atom. The number of benzene rings is 2. The van der Waals surface area contributed by atoms with Crippen LogP contribution >= 0.6 is 11.6 Å². The fourth-order valence-electron chi connectivity index (χ4n) is 2.15. The molecule has 3 nitrogen and oxygen atoms in total. The van der Waals surface area contributed by atoms with Gasteiger partial charge in [0.25, 0.3) is 0 Å². The summed E-state index contributed by atoms with van der Waals surface area (Å²) in [4.78, 5) is 4.28. The Kier molecular flexibility index (Phi) is 3.73. The summed E-state index contributed by atoms with van der Waals surface area (Å²) in [5.74, 6) is 0.503. The molecule has 5 heteroatoms. The molecule has 0 saturated carbocycles. The van der Waals surface area contributed by atoms with Crippen molar-refractivity contribution in [3.63, 3.8) is 0 Å². The maximum absolute atomic E-state index is 13.7. The predicted octanol–water partition coefficient (Wildman–Crippen LogP) is 4.28. The summed E-state index contributed by atoms with van der Waals surface area (Å²) >= 11 is 6.14. The van der Waals surface area contributed by atoms with E-state index in [0.29, 0.717) is 27.6 Å². The van der Waals surface area contributed by atoms with Crippen molar-refractivity contribution in [2.45, 2.75) is 6.54 Å². The summed E-state index contributed by atoms with van der Waals surface area (Å²) in [6, 6.07) is 11.7. The van der Waals surface area contributed by atoms with Crippen LogP contribution in [0.4, 0.5) is 4.39 Å². The molecule has 0 aliphatic heterocycles. The van der Waals surface area contributed by atoms with Crippen LogP contribution in [-0.4, -0.2) is 4.98 Å². The average Bonchev–Trinajstić information content (AvgIpc) is 2.51. The number of hydrogen-bond donors (Lipinski definition) is 1. The van der Waals surface area contributed by atoms with Gasteiger partial charge >= 0.3 is 0 Å². The van der Waals surface area contributed by atoms with Crippen molar-refractivity contribution < 1.29 is 9.13 Å². The zero-order valence-electron chi connectivity index (χ0n) is 11.0. The molecule has 1 heterocycles. The molecule has 0 spiro atoms. The van der Waals surface area contributed by atoms with E-state index in [1.54, 1.807) is 36.5 Å². The van der Waals surface area contributed by atoms with Gasteiger partial charge in [-0.1, -0.05) is 17.7 Å². The maximum Gasteiger partial charge on any atom is 0.153 e. The number of pyridine rings is 1. The van der Waals surface area contributed by atoms with Crippen LogP contribution < -0.4 is 10.5 Å². The molecular formula is C16H12ClFN2O. The van der Waals surface area contributed by atoms with Crippen molar-refractivity contribution in [1.82, 2.24) is 4.98 Å². The molecule has 0 amide bonds. The topological polar surface area (TPSA) is 48.1 Å². The molecule has 3 rings (SSSR count). The lowest BCUT2D eigenvalue weighted by atomic mass is 10.1. The largest absolute Gasteiger partial charge is 0.455 e. The van der Waals surface area contributed by atoms with E-state index in [0.717, 1.165) is 5.39 Å². The van der Waals surface area contributed by atoms with Crippen molar-refractivity contribution in [3.8, 4) is 11.5 Å². The zero-order chi connectivity index (χ0) is 14.8. The number of ether oxygens (including phenoxy) is 1. The quantitative estimate of drug-likeness (QED) is 0.785. The summed E-state index contributed by atoms with van der Waals surface area (Å²) in [5.41, 5.74) is 6.54. The second-order valence-corrected chi connectivity index (χ2v) is 4.88. The fourth-order valence-corrected chi connectivity index (χ4v) is 2.36. The summed E-state index contributed by atoms with van der Waals surface area (Å²) < 4.78 is 19.5. The van der Waals surface area contributed by atoms with Crippen LogP contribution in [0.2, 0.25) is 5.02 Å². The predicted molar refractivity (Wildman–Crippen MR) is 81.1 cm³/mol. The third-order valence-electron chi connectivity index (χ3n) is 3.18. The normalized spacial score (nSPS) is 10.8. The van der Waals surface area contributed by atoms with Gasteiger partial charge in [-0.15, -0.1) is 0 Å². The molecule has 0 bridgehead atoms. The van der Waals surface area contributed by atoms with Crippen molar-refractivity contribution in [2.75, 3.05) is 0 Å². The summed E-state index contributed by atoms with van der Waals surface area (Å²) in [5, 5.41) is 1.37. The Balaban J connectivity index is 2.11. The summed E-state index contributed by atoms with van der Waals surface area (Å²) in [6.07, 6.45) is 1.65. The van der Waals surface area contributed by atoms with Gasteiger partial charge in [-0.25, -0.2) is 4.39 Å². The number of rotatable bonds is 3. The van der Waals surface area contributed by atoms with Gasteiger partial charge in [-0.05, 0) is 36.4 Å². The SMILES string of the molecule is NCc1c(F)cccc1Oc1ccc(Cl)c2cccnc12. The molecule has 3 aromatic rings. The lowest BCUT2D eigenvalue weighted by molar-refractivity contribution is 0.471. The average molecular weight is 303 g/mol. The van der Waals surface area contributed by atoms with Crippen LogP contribution in [0.25, 0.3) is 10.9 Å². The number of nitrogens with two attached hydrogens (primary N) is 1. The molecule has 106 valence electrons. The Morgan fingerprint density at radius 1 is 1.10 bits per heavy atom. The van der Waals surface area contributed by atoms with Gasteiger partial charge in [-0.3, -0.25) is 4.98 Å². The Labute approximate surface area is 126 Å². The standard InChI is InChI=1S/C16H12ClFN2O/c17-12-6-7-15(16-10(12)3-2-8-20-16)21-14-5-1-4-13(18)11(14)9-19/h1-8H,9,19H2. The number of nitrogens with zero attached hydrogens (tertiary/aromatic N) is 1. The van der Waals surface area contributed by atoms with E-state index in [1.165, 1.54) is 6.07 Å². The molecule has 2 N–H and O–H groups in total. The molecule has 0 atom stereocenters. The van der Waals surface area contributed by atoms with Crippen molar-refractivity contribution in [1.29, 1.82) is 0 Å². The minimum Gasteiger partial charge on any atom is -0.455 e. The maximum atomic E-state index is 13.7. The molecule has 0 aliphatic carbocycles. The fraction of sp³-hybridized carbons (Fsp3) is 0.0625. The van der Waals surface area contributed by atoms with E-state index >= 15 is 0 Å². The van der Waals surface area contributed by atoms with Gasteiger partial charge in [-0.2, -0.15) is 0 Å². The monoisotopic (exact) mass is 302 g/mol. The lowest BCUT2D eigenvalue weighted by Crippen LogP contribution is -2.02. The minimum absolute atomic E-state index is 0.0565. The first-order valence-electron chi connectivity index (χ1n) is 6.39. The first-order chi connectivity index (χ1) is 10.2. The second kappa shape index (κ2) is 5.68. The van der Waals surface area contributed by atoms with E-state index in [4.69, 9.17) is 22.1 Å². The van der Waals surface area contributed by atoms with E-state index < -0.39 is 0 Å². The number of aromatic nitrogens is 1. The minimum atomic E-state index is -0.388. The third kappa shape index (κ3) is 2.55. The smallest absolute Gasteiger partial charge is 0.153 e. The van der Waals surface area contributed by atoms with Gasteiger partial charge in [0, 0.05) is 23.7 Å². The Bertz CT molecular complexity index is 807. The number of fused-ring (bicyclic) bond motifs is 1. The highest BCUT2D eigenvalue weighted by atomic mass is 35.5. The molecule has 0 fully saturated rings. The highest BCUT2D eigenvalue weighted by Gasteiger charge is 2.12. The number of hydrogen-bond acceptors (Lipinski definition) is 3. The summed E-state index contributed by atoms with van der Waals surface area (Å²) in [7, 11) is 0. The van der Waals surface area contributed by atoms with Crippen LogP contribution in [0.15, 0.2) is 48.7 Å². The third-order valence-corrected chi connectivity index (χ3v) is 3.51. The van der Waals surface area contributed by atoms with E-state index in [9.17, 15) is 4.39 Å². The van der Waals surface area contributed by atoms with Gasteiger partial charge < -0.3 is 10.5 Å². The molecule has 1 aromatic heterocycles. The van der Waals surface area contributed by atoms with E-state index in [-0.39, 0.29) is 12.4 Å². The second-order valence-electron chi connectivity index (χ2n) is 4.47. The van der Waals surface area contributed by atoms with Gasteiger partial charge in [0.2, 0.25) is 0 Å². The van der Waals surface area contributed by atoms with Crippen LogP contribution in [0.5, 0.6) is 11.5 Å². The van der Waals surface area contributed by atoms with Gasteiger partial charge in [0.15, 0.2) is 5.75 Å². The molecule has 0 unspecified atom stereocenters. The lowest BCUT2D eigenvalue weighted by Gasteiger charge is -2.12. The van der Waals surface area contributed by atoms with Crippen molar-refractivity contribution in [2.24, 2.45) is 5.73 Å². The van der Waals surface area contributed by atoms with Crippen LogP contribution in [0, 0.1) is 5.82 Å². The van der Waals surface area contributed by atoms with Crippen LogP contribution in [-0.2, 0) is 6.54 Å². The molecule has 0 saturated heterocycles. The first kappa shape index (κ1) is 13.8. The molecule has 21 heavy (non-hydrogen) atoms. The van der Waals surface area contributed by atoms with Gasteiger partial charge in [0.1, 0.15) is 17.1 Å². The van der Waals surface area contributed by atoms with Crippen LogP contribution in [0.3, 0.4) is 0 Å². The highest BCUT2D eigenvalue weighted by Crippen LogP contribution is 2.34. The molecule has 2 aromatic carbocycles. The zero-order valence-corrected chi connectivity index (χ0v) is 11.8. The van der Waals surface area contributed by atoms with Crippen LogP contribution in [0.1, 0.15) is 5.56 Å². The summed E-state index contributed by atoms with van der Waals surface area (Å²) in [6.45, 7) is 0.0565. The molecular weight excluding hydrogens is 291 g/mol. The highest BCUT2D eigenvalue weighted by molar-refractivity contribution is 6.35. The molecule has 0 aliphatic rings. The Morgan fingerprint density at radius 3 is 2.76 bits per heavy atom. The van der Waals surface area contributed by atoms with Crippen molar-refractivity contribution in [3.05, 3.63) is 65.1 Å². The Hall–Kier alpha value is -2.17. The van der Waals surface area contributed by atoms with Crippen molar-refractivity contribution >= 4 is 22.5 Å².